The second-order valence-electron chi connectivity index (χ2n) is 3.99. The Kier molecular flexibility index (Phi) is 4.80. The van der Waals surface area contributed by atoms with E-state index in [4.69, 9.17) is 23.2 Å². The smallest absolute Gasteiger partial charge is 0.252 e. The molecule has 0 fully saturated rings. The summed E-state index contributed by atoms with van der Waals surface area (Å²) in [5, 5.41) is 6.71. The number of hydrogen-bond donors (Lipinski definition) is 1. The molecule has 0 aliphatic carbocycles. The summed E-state index contributed by atoms with van der Waals surface area (Å²) in [5.74, 6) is -0.223. The Balaban J connectivity index is 1.92. The highest BCUT2D eigenvalue weighted by molar-refractivity contribution is 7.09. The number of nitrogens with one attached hydrogen (secondary N) is 1. The number of amides is 1. The SMILES string of the molecule is Cc1nc(CCNC(=O)c2cc(Cl)ccc2Cl)cs1. The fraction of sp³-hybridized carbons (Fsp3) is 0.231. The van der Waals surface area contributed by atoms with E-state index in [1.165, 1.54) is 0 Å². The number of thiazole rings is 1. The summed E-state index contributed by atoms with van der Waals surface area (Å²) in [4.78, 5) is 16.3. The van der Waals surface area contributed by atoms with Gasteiger partial charge >= 0.3 is 0 Å². The molecule has 0 radical (unpaired) electrons. The molecule has 0 aliphatic heterocycles. The third-order valence-electron chi connectivity index (χ3n) is 2.51. The lowest BCUT2D eigenvalue weighted by molar-refractivity contribution is 0.0954. The third-order valence-corrected chi connectivity index (χ3v) is 3.89. The molecule has 1 N–H and O–H groups in total. The van der Waals surface area contributed by atoms with Crippen LogP contribution >= 0.6 is 34.5 Å². The second-order valence-corrected chi connectivity index (χ2v) is 5.89. The molecular weight excluding hydrogens is 303 g/mol. The van der Waals surface area contributed by atoms with Crippen LogP contribution < -0.4 is 5.32 Å². The Morgan fingerprint density at radius 2 is 2.21 bits per heavy atom. The molecule has 0 atom stereocenters. The predicted molar refractivity (Wildman–Crippen MR) is 79.4 cm³/mol. The van der Waals surface area contributed by atoms with Crippen LogP contribution in [-0.4, -0.2) is 17.4 Å². The summed E-state index contributed by atoms with van der Waals surface area (Å²) in [6.45, 7) is 2.48. The highest BCUT2D eigenvalue weighted by atomic mass is 35.5. The Morgan fingerprint density at radius 1 is 1.42 bits per heavy atom. The summed E-state index contributed by atoms with van der Waals surface area (Å²) < 4.78 is 0. The normalized spacial score (nSPS) is 10.5. The fourth-order valence-electron chi connectivity index (χ4n) is 1.59. The van der Waals surface area contributed by atoms with Crippen molar-refractivity contribution >= 4 is 40.4 Å². The van der Waals surface area contributed by atoms with Gasteiger partial charge in [-0.2, -0.15) is 0 Å². The van der Waals surface area contributed by atoms with Crippen molar-refractivity contribution in [2.75, 3.05) is 6.54 Å². The van der Waals surface area contributed by atoms with E-state index in [0.29, 0.717) is 28.6 Å². The van der Waals surface area contributed by atoms with Gasteiger partial charge in [0.05, 0.1) is 21.3 Å². The van der Waals surface area contributed by atoms with Crippen LogP contribution in [0.1, 0.15) is 21.1 Å². The van der Waals surface area contributed by atoms with Crippen molar-refractivity contribution in [3.8, 4) is 0 Å². The number of benzene rings is 1. The zero-order valence-electron chi connectivity index (χ0n) is 10.2. The van der Waals surface area contributed by atoms with Crippen LogP contribution in [0.2, 0.25) is 10.0 Å². The number of nitrogens with zero attached hydrogens (tertiary/aromatic N) is 1. The number of carbonyl (C=O) groups excluding carboxylic acids is 1. The summed E-state index contributed by atoms with van der Waals surface area (Å²) in [6.07, 6.45) is 0.703. The number of aromatic nitrogens is 1. The van der Waals surface area contributed by atoms with Gasteiger partial charge in [0.2, 0.25) is 0 Å². The molecule has 0 saturated carbocycles. The van der Waals surface area contributed by atoms with Crippen molar-refractivity contribution in [3.63, 3.8) is 0 Å². The summed E-state index contributed by atoms with van der Waals surface area (Å²) in [6, 6.07) is 4.83. The highest BCUT2D eigenvalue weighted by Gasteiger charge is 2.10. The molecule has 1 aromatic carbocycles. The molecule has 0 spiro atoms. The van der Waals surface area contributed by atoms with Crippen molar-refractivity contribution in [1.29, 1.82) is 0 Å². The molecule has 3 nitrogen and oxygen atoms in total. The first-order valence-corrected chi connectivity index (χ1v) is 7.34. The van der Waals surface area contributed by atoms with Crippen molar-refractivity contribution in [2.45, 2.75) is 13.3 Å². The van der Waals surface area contributed by atoms with Crippen molar-refractivity contribution in [3.05, 3.63) is 49.9 Å². The molecule has 0 aliphatic rings. The second kappa shape index (κ2) is 6.37. The molecule has 100 valence electrons. The van der Waals surface area contributed by atoms with E-state index in [2.05, 4.69) is 10.3 Å². The Hall–Kier alpha value is -1.10. The molecule has 1 amide bonds. The van der Waals surface area contributed by atoms with Crippen LogP contribution in [-0.2, 0) is 6.42 Å². The van der Waals surface area contributed by atoms with E-state index in [1.54, 1.807) is 29.5 Å². The first kappa shape index (κ1) is 14.3. The average Bonchev–Trinajstić information content (AvgIpc) is 2.78. The molecule has 2 rings (SSSR count). The predicted octanol–water partition coefficient (Wildman–Crippen LogP) is 3.73. The van der Waals surface area contributed by atoms with Gasteiger partial charge in [-0.05, 0) is 25.1 Å². The highest BCUT2D eigenvalue weighted by Crippen LogP contribution is 2.20. The molecule has 0 saturated heterocycles. The molecule has 0 unspecified atom stereocenters. The third kappa shape index (κ3) is 3.93. The number of halogens is 2. The maximum Gasteiger partial charge on any atom is 0.252 e. The fourth-order valence-corrected chi connectivity index (χ4v) is 2.62. The van der Waals surface area contributed by atoms with Crippen LogP contribution in [0.5, 0.6) is 0 Å². The number of rotatable bonds is 4. The van der Waals surface area contributed by atoms with Gasteiger partial charge in [0.15, 0.2) is 0 Å². The summed E-state index contributed by atoms with van der Waals surface area (Å²) in [5.41, 5.74) is 1.38. The standard InChI is InChI=1S/C13H12Cl2N2OS/c1-8-17-10(7-19-8)4-5-16-13(18)11-6-9(14)2-3-12(11)15/h2-3,6-7H,4-5H2,1H3,(H,16,18). The molecular formula is C13H12Cl2N2OS. The van der Waals surface area contributed by atoms with Crippen LogP contribution in [0.25, 0.3) is 0 Å². The minimum atomic E-state index is -0.223. The first-order chi connectivity index (χ1) is 9.06. The monoisotopic (exact) mass is 314 g/mol. The van der Waals surface area contributed by atoms with Gasteiger partial charge in [0.1, 0.15) is 0 Å². The van der Waals surface area contributed by atoms with Gasteiger partial charge < -0.3 is 5.32 Å². The quantitative estimate of drug-likeness (QED) is 0.934. The van der Waals surface area contributed by atoms with Crippen LogP contribution in [0.3, 0.4) is 0 Å². The van der Waals surface area contributed by atoms with E-state index in [-0.39, 0.29) is 5.91 Å². The lowest BCUT2D eigenvalue weighted by atomic mass is 10.2. The molecule has 1 aromatic heterocycles. The maximum absolute atomic E-state index is 11.9. The molecule has 0 bridgehead atoms. The molecule has 19 heavy (non-hydrogen) atoms. The number of hydrogen-bond acceptors (Lipinski definition) is 3. The topological polar surface area (TPSA) is 42.0 Å². The number of aryl methyl sites for hydroxylation is 1. The van der Waals surface area contributed by atoms with Crippen molar-refractivity contribution in [2.24, 2.45) is 0 Å². The Labute approximate surface area is 125 Å². The number of carbonyl (C=O) groups is 1. The van der Waals surface area contributed by atoms with E-state index in [1.807, 2.05) is 12.3 Å². The summed E-state index contributed by atoms with van der Waals surface area (Å²) >= 11 is 13.4. The van der Waals surface area contributed by atoms with Gasteiger partial charge in [-0.3, -0.25) is 4.79 Å². The lowest BCUT2D eigenvalue weighted by Crippen LogP contribution is -2.26. The minimum Gasteiger partial charge on any atom is -0.352 e. The molecule has 1 heterocycles. The minimum absolute atomic E-state index is 0.223. The van der Waals surface area contributed by atoms with Gasteiger partial charge in [0.25, 0.3) is 5.91 Å². The van der Waals surface area contributed by atoms with Crippen LogP contribution in [0, 0.1) is 6.92 Å². The van der Waals surface area contributed by atoms with Crippen molar-refractivity contribution in [1.82, 2.24) is 10.3 Å². The molecule has 6 heteroatoms. The van der Waals surface area contributed by atoms with Gasteiger partial charge in [-0.1, -0.05) is 23.2 Å². The zero-order chi connectivity index (χ0) is 13.8. The largest absolute Gasteiger partial charge is 0.352 e. The molecule has 2 aromatic rings. The Bertz CT molecular complexity index is 598. The van der Waals surface area contributed by atoms with E-state index >= 15 is 0 Å². The lowest BCUT2D eigenvalue weighted by Gasteiger charge is -2.06. The van der Waals surface area contributed by atoms with E-state index in [9.17, 15) is 4.79 Å². The van der Waals surface area contributed by atoms with Crippen LogP contribution in [0.15, 0.2) is 23.6 Å². The average molecular weight is 315 g/mol. The Morgan fingerprint density at radius 3 is 2.89 bits per heavy atom. The van der Waals surface area contributed by atoms with Crippen molar-refractivity contribution < 1.29 is 4.79 Å². The summed E-state index contributed by atoms with van der Waals surface area (Å²) in [7, 11) is 0. The maximum atomic E-state index is 11.9. The van der Waals surface area contributed by atoms with Gasteiger partial charge in [-0.25, -0.2) is 4.98 Å². The van der Waals surface area contributed by atoms with E-state index < -0.39 is 0 Å². The zero-order valence-corrected chi connectivity index (χ0v) is 12.6. The van der Waals surface area contributed by atoms with Gasteiger partial charge in [0, 0.05) is 23.4 Å². The van der Waals surface area contributed by atoms with Crippen LogP contribution in [0.4, 0.5) is 0 Å². The van der Waals surface area contributed by atoms with Gasteiger partial charge in [-0.15, -0.1) is 11.3 Å². The van der Waals surface area contributed by atoms with E-state index in [0.717, 1.165) is 10.7 Å². The first-order valence-electron chi connectivity index (χ1n) is 5.70.